The maximum atomic E-state index is 6.79. The third kappa shape index (κ3) is 3.50. The molecule has 1 heterocycles. The summed E-state index contributed by atoms with van der Waals surface area (Å²) < 4.78 is 6.79. The van der Waals surface area contributed by atoms with Crippen LogP contribution in [0.2, 0.25) is 0 Å². The molecule has 0 saturated heterocycles. The molecule has 1 heteroatoms. The molecule has 0 aliphatic carbocycles. The molecule has 9 aromatic carbocycles. The largest absolute Gasteiger partial charge is 0.455 e. The molecule has 208 valence electrons. The van der Waals surface area contributed by atoms with Crippen LogP contribution in [0.3, 0.4) is 0 Å². The number of furan rings is 1. The van der Waals surface area contributed by atoms with Gasteiger partial charge in [-0.1, -0.05) is 140 Å². The highest BCUT2D eigenvalue weighted by Gasteiger charge is 2.19. The fraction of sp³-hybridized carbons (Fsp3) is 0. The Bertz CT molecular complexity index is 2760. The third-order valence-electron chi connectivity index (χ3n) is 9.61. The van der Waals surface area contributed by atoms with E-state index in [1.165, 1.54) is 70.6 Å². The summed E-state index contributed by atoms with van der Waals surface area (Å²) in [5.41, 5.74) is 6.78. The van der Waals surface area contributed by atoms with Crippen LogP contribution in [0.25, 0.3) is 98.1 Å². The Hall–Kier alpha value is -5.92. The van der Waals surface area contributed by atoms with Crippen molar-refractivity contribution >= 4 is 75.8 Å². The number of hydrogen-bond acceptors (Lipinski definition) is 1. The van der Waals surface area contributed by atoms with Crippen LogP contribution in [0.1, 0.15) is 0 Å². The van der Waals surface area contributed by atoms with Crippen molar-refractivity contribution in [3.8, 4) is 22.3 Å². The van der Waals surface area contributed by atoms with E-state index in [0.29, 0.717) is 0 Å². The summed E-state index contributed by atoms with van der Waals surface area (Å²) in [6, 6.07) is 57.2. The SMILES string of the molecule is c1ccc2cc(-c3c4ccccc4c(-c4ccc5c(c4)oc4c6ccccc6c6ccccc6c54)c4ccccc34)ccc2c1. The Kier molecular flexibility index (Phi) is 5.06. The van der Waals surface area contributed by atoms with E-state index in [1.807, 2.05) is 0 Å². The van der Waals surface area contributed by atoms with Crippen molar-refractivity contribution < 1.29 is 4.42 Å². The first-order chi connectivity index (χ1) is 22.3. The summed E-state index contributed by atoms with van der Waals surface area (Å²) in [5.74, 6) is 0. The lowest BCUT2D eigenvalue weighted by atomic mass is 9.85. The van der Waals surface area contributed by atoms with E-state index in [-0.39, 0.29) is 0 Å². The van der Waals surface area contributed by atoms with E-state index in [0.717, 1.165) is 27.5 Å². The van der Waals surface area contributed by atoms with Gasteiger partial charge in [0.25, 0.3) is 0 Å². The first-order valence-electron chi connectivity index (χ1n) is 15.5. The number of fused-ring (bicyclic) bond motifs is 11. The zero-order valence-electron chi connectivity index (χ0n) is 24.4. The lowest BCUT2D eigenvalue weighted by Gasteiger charge is -2.18. The normalized spacial score (nSPS) is 12.0. The molecule has 0 aliphatic rings. The number of hydrogen-bond donors (Lipinski definition) is 0. The molecule has 0 spiro atoms. The minimum atomic E-state index is 0.913. The van der Waals surface area contributed by atoms with E-state index in [1.54, 1.807) is 0 Å². The van der Waals surface area contributed by atoms with Crippen molar-refractivity contribution in [3.05, 3.63) is 158 Å². The molecule has 0 fully saturated rings. The van der Waals surface area contributed by atoms with Crippen molar-refractivity contribution in [2.24, 2.45) is 0 Å². The Morgan fingerprint density at radius 1 is 0.311 bits per heavy atom. The van der Waals surface area contributed by atoms with Crippen LogP contribution >= 0.6 is 0 Å². The Balaban J connectivity index is 1.29. The zero-order valence-corrected chi connectivity index (χ0v) is 24.4. The number of rotatable bonds is 2. The molecule has 45 heavy (non-hydrogen) atoms. The van der Waals surface area contributed by atoms with Gasteiger partial charge < -0.3 is 4.42 Å². The van der Waals surface area contributed by atoms with Crippen molar-refractivity contribution in [2.45, 2.75) is 0 Å². The molecular weight excluding hydrogens is 544 g/mol. The van der Waals surface area contributed by atoms with Gasteiger partial charge in [0.05, 0.1) is 0 Å². The fourth-order valence-electron chi connectivity index (χ4n) is 7.66. The summed E-state index contributed by atoms with van der Waals surface area (Å²) in [4.78, 5) is 0. The van der Waals surface area contributed by atoms with Gasteiger partial charge in [0.1, 0.15) is 11.2 Å². The maximum absolute atomic E-state index is 6.79. The molecule has 0 radical (unpaired) electrons. The van der Waals surface area contributed by atoms with Gasteiger partial charge in [0.2, 0.25) is 0 Å². The molecular formula is C44H26O. The molecule has 0 saturated carbocycles. The van der Waals surface area contributed by atoms with Crippen LogP contribution in [0.5, 0.6) is 0 Å². The first kappa shape index (κ1) is 24.5. The highest BCUT2D eigenvalue weighted by molar-refractivity contribution is 6.30. The molecule has 0 unspecified atom stereocenters. The summed E-state index contributed by atoms with van der Waals surface area (Å²) >= 11 is 0. The van der Waals surface area contributed by atoms with Gasteiger partial charge in [-0.2, -0.15) is 0 Å². The van der Waals surface area contributed by atoms with Crippen LogP contribution in [0, 0.1) is 0 Å². The standard InChI is InChI=1S/C44H26O/c1-2-12-28-25-29(22-21-27(28)11-1)41-34-16-6-8-18-36(34)42(37-19-9-7-17-35(37)41)30-23-24-39-40(26-30)45-44-38-20-10-4-14-32(38)31-13-3-5-15-33(31)43(39)44/h1-26H. The average molecular weight is 571 g/mol. The van der Waals surface area contributed by atoms with Crippen LogP contribution in [0.4, 0.5) is 0 Å². The molecule has 10 aromatic rings. The summed E-state index contributed by atoms with van der Waals surface area (Å²) in [6.45, 7) is 0. The summed E-state index contributed by atoms with van der Waals surface area (Å²) in [5, 5.41) is 14.7. The van der Waals surface area contributed by atoms with Gasteiger partial charge in [0, 0.05) is 16.2 Å². The second-order valence-corrected chi connectivity index (χ2v) is 12.0. The van der Waals surface area contributed by atoms with E-state index in [9.17, 15) is 0 Å². The van der Waals surface area contributed by atoms with E-state index in [2.05, 4.69) is 158 Å². The van der Waals surface area contributed by atoms with Crippen LogP contribution in [-0.4, -0.2) is 0 Å². The molecule has 0 aliphatic heterocycles. The van der Waals surface area contributed by atoms with E-state index in [4.69, 9.17) is 4.42 Å². The lowest BCUT2D eigenvalue weighted by molar-refractivity contribution is 0.673. The molecule has 1 nitrogen and oxygen atoms in total. The highest BCUT2D eigenvalue weighted by atomic mass is 16.3. The smallest absolute Gasteiger partial charge is 0.143 e. The molecule has 0 N–H and O–H groups in total. The predicted octanol–water partition coefficient (Wildman–Crippen LogP) is 12.7. The Morgan fingerprint density at radius 3 is 1.42 bits per heavy atom. The van der Waals surface area contributed by atoms with Gasteiger partial charge in [-0.15, -0.1) is 0 Å². The topological polar surface area (TPSA) is 13.1 Å². The Labute approximate surface area is 259 Å². The van der Waals surface area contributed by atoms with E-state index >= 15 is 0 Å². The predicted molar refractivity (Wildman–Crippen MR) is 192 cm³/mol. The molecule has 1 aromatic heterocycles. The van der Waals surface area contributed by atoms with Crippen LogP contribution in [0.15, 0.2) is 162 Å². The van der Waals surface area contributed by atoms with E-state index < -0.39 is 0 Å². The van der Waals surface area contributed by atoms with Gasteiger partial charge in [-0.25, -0.2) is 0 Å². The first-order valence-corrected chi connectivity index (χ1v) is 15.5. The second kappa shape index (κ2) is 9.29. The minimum Gasteiger partial charge on any atom is -0.455 e. The van der Waals surface area contributed by atoms with Gasteiger partial charge >= 0.3 is 0 Å². The molecule has 10 rings (SSSR count). The monoisotopic (exact) mass is 570 g/mol. The maximum Gasteiger partial charge on any atom is 0.143 e. The van der Waals surface area contributed by atoms with Gasteiger partial charge in [0.15, 0.2) is 0 Å². The molecule has 0 bridgehead atoms. The fourth-order valence-corrected chi connectivity index (χ4v) is 7.66. The zero-order chi connectivity index (χ0) is 29.5. The highest BCUT2D eigenvalue weighted by Crippen LogP contribution is 2.46. The van der Waals surface area contributed by atoms with Crippen molar-refractivity contribution in [1.29, 1.82) is 0 Å². The quantitative estimate of drug-likeness (QED) is 0.149. The second-order valence-electron chi connectivity index (χ2n) is 12.0. The van der Waals surface area contributed by atoms with Crippen LogP contribution < -0.4 is 0 Å². The molecule has 0 amide bonds. The Morgan fingerprint density at radius 2 is 0.778 bits per heavy atom. The lowest BCUT2D eigenvalue weighted by Crippen LogP contribution is -1.91. The average Bonchev–Trinajstić information content (AvgIpc) is 3.50. The van der Waals surface area contributed by atoms with Gasteiger partial charge in [-0.05, 0) is 88.9 Å². The van der Waals surface area contributed by atoms with Crippen molar-refractivity contribution in [1.82, 2.24) is 0 Å². The van der Waals surface area contributed by atoms with Crippen LogP contribution in [-0.2, 0) is 0 Å². The summed E-state index contributed by atoms with van der Waals surface area (Å²) in [6.07, 6.45) is 0. The third-order valence-corrected chi connectivity index (χ3v) is 9.61. The minimum absolute atomic E-state index is 0.913. The summed E-state index contributed by atoms with van der Waals surface area (Å²) in [7, 11) is 0. The molecule has 0 atom stereocenters. The number of benzene rings is 9. The van der Waals surface area contributed by atoms with Crippen molar-refractivity contribution in [3.63, 3.8) is 0 Å². The van der Waals surface area contributed by atoms with Gasteiger partial charge in [-0.3, -0.25) is 0 Å². The van der Waals surface area contributed by atoms with Crippen molar-refractivity contribution in [2.75, 3.05) is 0 Å².